The van der Waals surface area contributed by atoms with Crippen molar-refractivity contribution in [2.75, 3.05) is 12.0 Å². The number of rotatable bonds is 2. The number of amides is 2. The molecule has 5 nitrogen and oxygen atoms in total. The van der Waals surface area contributed by atoms with Gasteiger partial charge in [-0.3, -0.25) is 19.3 Å². The van der Waals surface area contributed by atoms with Crippen molar-refractivity contribution in [1.29, 1.82) is 0 Å². The Morgan fingerprint density at radius 2 is 1.54 bits per heavy atom. The zero-order valence-corrected chi connectivity index (χ0v) is 14.2. The monoisotopic (exact) mass is 347 g/mol. The van der Waals surface area contributed by atoms with E-state index in [1.54, 1.807) is 31.4 Å². The van der Waals surface area contributed by atoms with Crippen molar-refractivity contribution < 1.29 is 19.1 Å². The van der Waals surface area contributed by atoms with Crippen LogP contribution in [0, 0.1) is 11.8 Å². The molecule has 0 aromatic heterocycles. The van der Waals surface area contributed by atoms with Gasteiger partial charge >= 0.3 is 0 Å². The van der Waals surface area contributed by atoms with Crippen LogP contribution in [0.3, 0.4) is 0 Å². The molecule has 5 heteroatoms. The molecule has 26 heavy (non-hydrogen) atoms. The number of nitrogens with zero attached hydrogens (tertiary/aromatic N) is 1. The van der Waals surface area contributed by atoms with E-state index in [1.807, 2.05) is 24.3 Å². The average Bonchev–Trinajstić information content (AvgIpc) is 2.94. The predicted octanol–water partition coefficient (Wildman–Crippen LogP) is 2.65. The molecule has 2 fully saturated rings. The lowest BCUT2D eigenvalue weighted by Gasteiger charge is -2.43. The number of anilines is 1. The molecule has 1 heterocycles. The summed E-state index contributed by atoms with van der Waals surface area (Å²) < 4.78 is 5.15. The van der Waals surface area contributed by atoms with Gasteiger partial charge in [0.1, 0.15) is 11.5 Å². The van der Waals surface area contributed by atoms with Crippen LogP contribution in [-0.2, 0) is 14.4 Å². The van der Waals surface area contributed by atoms with E-state index in [-0.39, 0.29) is 23.5 Å². The van der Waals surface area contributed by atoms with Gasteiger partial charge in [-0.2, -0.15) is 0 Å². The number of fused-ring (bicyclic) bond motifs is 1. The standard InChI is InChI=1S/C21H17NO4/c1-26-12-8-6-11(7-9-12)22-20(24)18-15-10-16(23)17(19(18)21(22)25)14-5-3-2-4-13(14)15/h2-9,15,17-19H,10H2,1H3/t15-,17-,18+,19+/m0/s1. The van der Waals surface area contributed by atoms with Crippen molar-refractivity contribution in [2.24, 2.45) is 11.8 Å². The number of hydrogen-bond donors (Lipinski definition) is 0. The van der Waals surface area contributed by atoms with Gasteiger partial charge in [0, 0.05) is 12.3 Å². The van der Waals surface area contributed by atoms with Gasteiger partial charge in [-0.05, 0) is 35.4 Å². The summed E-state index contributed by atoms with van der Waals surface area (Å²) in [5, 5.41) is 0. The zero-order valence-electron chi connectivity index (χ0n) is 14.2. The summed E-state index contributed by atoms with van der Waals surface area (Å²) >= 11 is 0. The minimum atomic E-state index is -0.578. The summed E-state index contributed by atoms with van der Waals surface area (Å²) in [5.74, 6) is -1.44. The SMILES string of the molecule is COc1ccc(N2C(=O)[C@H]3[C@H](C2=O)[C@H]2CC(=O)[C@@H]3c3ccccc32)cc1. The van der Waals surface area contributed by atoms with Crippen LogP contribution in [0.2, 0.25) is 0 Å². The van der Waals surface area contributed by atoms with Crippen molar-refractivity contribution in [1.82, 2.24) is 0 Å². The minimum absolute atomic E-state index is 0.0766. The number of methoxy groups -OCH3 is 1. The Hall–Kier alpha value is -2.95. The van der Waals surface area contributed by atoms with Gasteiger partial charge in [0.05, 0.1) is 30.6 Å². The maximum absolute atomic E-state index is 13.2. The Bertz CT molecular complexity index is 949. The van der Waals surface area contributed by atoms with Crippen molar-refractivity contribution in [3.05, 3.63) is 59.7 Å². The summed E-state index contributed by atoms with van der Waals surface area (Å²) in [4.78, 5) is 40.3. The third-order valence-corrected chi connectivity index (χ3v) is 6.02. The molecule has 2 aromatic rings. The minimum Gasteiger partial charge on any atom is -0.497 e. The number of ether oxygens (including phenoxy) is 1. The predicted molar refractivity (Wildman–Crippen MR) is 94.0 cm³/mol. The first-order chi connectivity index (χ1) is 12.6. The fraction of sp³-hybridized carbons (Fsp3) is 0.286. The van der Waals surface area contributed by atoms with Crippen LogP contribution in [0.5, 0.6) is 5.75 Å². The Balaban J connectivity index is 1.61. The lowest BCUT2D eigenvalue weighted by atomic mass is 9.56. The van der Waals surface area contributed by atoms with Crippen LogP contribution in [0.4, 0.5) is 5.69 Å². The van der Waals surface area contributed by atoms with E-state index >= 15 is 0 Å². The molecular formula is C21H17NO4. The number of ketones is 1. The van der Waals surface area contributed by atoms with E-state index in [4.69, 9.17) is 4.74 Å². The molecule has 3 aliphatic carbocycles. The third-order valence-electron chi connectivity index (χ3n) is 6.02. The number of imide groups is 1. The quantitative estimate of drug-likeness (QED) is 0.784. The Morgan fingerprint density at radius 1 is 0.885 bits per heavy atom. The fourth-order valence-corrected chi connectivity index (χ4v) is 4.95. The third kappa shape index (κ3) is 1.83. The van der Waals surface area contributed by atoms with Gasteiger partial charge in [-0.25, -0.2) is 0 Å². The topological polar surface area (TPSA) is 63.7 Å². The second kappa shape index (κ2) is 5.27. The molecule has 130 valence electrons. The highest BCUT2D eigenvalue weighted by Gasteiger charge is 2.62. The van der Waals surface area contributed by atoms with Gasteiger partial charge in [0.15, 0.2) is 0 Å². The molecule has 0 N–H and O–H groups in total. The second-order valence-corrected chi connectivity index (χ2v) is 7.14. The first-order valence-electron chi connectivity index (χ1n) is 8.75. The highest BCUT2D eigenvalue weighted by molar-refractivity contribution is 6.24. The lowest BCUT2D eigenvalue weighted by molar-refractivity contribution is -0.134. The molecule has 0 unspecified atom stereocenters. The largest absolute Gasteiger partial charge is 0.497 e. The van der Waals surface area contributed by atoms with E-state index < -0.39 is 17.8 Å². The Kier molecular flexibility index (Phi) is 3.11. The molecular weight excluding hydrogens is 330 g/mol. The van der Waals surface area contributed by atoms with E-state index in [0.29, 0.717) is 17.9 Å². The van der Waals surface area contributed by atoms with Gasteiger partial charge in [-0.1, -0.05) is 24.3 Å². The highest BCUT2D eigenvalue weighted by atomic mass is 16.5. The van der Waals surface area contributed by atoms with Gasteiger partial charge < -0.3 is 4.74 Å². The normalized spacial score (nSPS) is 29.0. The van der Waals surface area contributed by atoms with E-state index in [2.05, 4.69) is 0 Å². The molecule has 6 rings (SSSR count). The molecule has 2 amide bonds. The van der Waals surface area contributed by atoms with E-state index in [9.17, 15) is 14.4 Å². The molecule has 2 bridgehead atoms. The van der Waals surface area contributed by atoms with E-state index in [1.165, 1.54) is 4.90 Å². The molecule has 4 atom stereocenters. The van der Waals surface area contributed by atoms with Gasteiger partial charge in [0.25, 0.3) is 0 Å². The van der Waals surface area contributed by atoms with E-state index in [0.717, 1.165) is 11.1 Å². The first kappa shape index (κ1) is 15.3. The van der Waals surface area contributed by atoms with Crippen LogP contribution < -0.4 is 9.64 Å². The van der Waals surface area contributed by atoms with Crippen LogP contribution in [0.1, 0.15) is 29.4 Å². The highest BCUT2D eigenvalue weighted by Crippen LogP contribution is 2.57. The van der Waals surface area contributed by atoms with Crippen molar-refractivity contribution in [2.45, 2.75) is 18.3 Å². The average molecular weight is 347 g/mol. The summed E-state index contributed by atoms with van der Waals surface area (Å²) in [7, 11) is 1.57. The smallest absolute Gasteiger partial charge is 0.238 e. The first-order valence-corrected chi connectivity index (χ1v) is 8.75. The summed E-state index contributed by atoms with van der Waals surface area (Å²) in [6, 6.07) is 14.6. The Morgan fingerprint density at radius 3 is 2.23 bits per heavy atom. The maximum Gasteiger partial charge on any atom is 0.238 e. The van der Waals surface area contributed by atoms with Crippen LogP contribution in [-0.4, -0.2) is 24.7 Å². The Labute approximate surface area is 150 Å². The van der Waals surface area contributed by atoms with Crippen molar-refractivity contribution in [3.63, 3.8) is 0 Å². The molecule has 0 spiro atoms. The van der Waals surface area contributed by atoms with Gasteiger partial charge in [0.2, 0.25) is 11.8 Å². The number of benzene rings is 2. The maximum atomic E-state index is 13.2. The van der Waals surface area contributed by atoms with Crippen LogP contribution in [0.25, 0.3) is 0 Å². The number of hydrogen-bond acceptors (Lipinski definition) is 4. The van der Waals surface area contributed by atoms with Crippen LogP contribution in [0.15, 0.2) is 48.5 Å². The number of carbonyl (C=O) groups excluding carboxylic acids is 3. The van der Waals surface area contributed by atoms with Crippen LogP contribution >= 0.6 is 0 Å². The zero-order chi connectivity index (χ0) is 18.0. The number of carbonyl (C=O) groups is 3. The molecule has 1 saturated carbocycles. The summed E-state index contributed by atoms with van der Waals surface area (Å²) in [5.41, 5.74) is 2.51. The molecule has 2 aromatic carbocycles. The van der Waals surface area contributed by atoms with Crippen molar-refractivity contribution in [3.8, 4) is 5.75 Å². The second-order valence-electron chi connectivity index (χ2n) is 7.14. The molecule has 1 saturated heterocycles. The molecule has 1 aliphatic heterocycles. The van der Waals surface area contributed by atoms with Crippen molar-refractivity contribution >= 4 is 23.3 Å². The number of Topliss-reactive ketones (excluding diaryl/α,β-unsaturated/α-hetero) is 1. The van der Waals surface area contributed by atoms with Gasteiger partial charge in [-0.15, -0.1) is 0 Å². The molecule has 0 radical (unpaired) electrons. The summed E-state index contributed by atoms with van der Waals surface area (Å²) in [6.07, 6.45) is 0.346. The fourth-order valence-electron chi connectivity index (χ4n) is 4.95. The lowest BCUT2D eigenvalue weighted by Crippen LogP contribution is -2.44. The summed E-state index contributed by atoms with van der Waals surface area (Å²) in [6.45, 7) is 0. The molecule has 4 aliphatic rings.